The predicted molar refractivity (Wildman–Crippen MR) is 107 cm³/mol. The molecule has 1 nitrogen and oxygen atoms in total. The van der Waals surface area contributed by atoms with Crippen LogP contribution in [0.5, 0.6) is 0 Å². The summed E-state index contributed by atoms with van der Waals surface area (Å²) in [6.45, 7) is 2.14. The summed E-state index contributed by atoms with van der Waals surface area (Å²) in [5.74, 6) is 0. The van der Waals surface area contributed by atoms with E-state index in [-0.39, 0.29) is 0 Å². The van der Waals surface area contributed by atoms with Gasteiger partial charge in [-0.2, -0.15) is 0 Å². The Bertz CT molecular complexity index is 1060. The van der Waals surface area contributed by atoms with Crippen LogP contribution in [0.1, 0.15) is 22.4 Å². The van der Waals surface area contributed by atoms with Gasteiger partial charge in [-0.05, 0) is 48.9 Å². The molecule has 0 atom stereocenters. The summed E-state index contributed by atoms with van der Waals surface area (Å²) in [6.07, 6.45) is 3.69. The van der Waals surface area contributed by atoms with Gasteiger partial charge in [-0.25, -0.2) is 4.98 Å². The van der Waals surface area contributed by atoms with Crippen LogP contribution in [0.2, 0.25) is 0 Å². The number of pyridine rings is 1. The lowest BCUT2D eigenvalue weighted by molar-refractivity contribution is 0.917. The molecule has 1 aliphatic rings. The van der Waals surface area contributed by atoms with Crippen molar-refractivity contribution in [2.24, 2.45) is 0 Å². The van der Waals surface area contributed by atoms with E-state index in [0.717, 1.165) is 5.69 Å². The Morgan fingerprint density at radius 3 is 2.48 bits per heavy atom. The standard InChI is InChI=1S/C23H19NS/c1-15-10-12-16(13-11-15)19-14-20(17-6-3-2-4-7-17)24-23-22(19)18-8-5-9-21(18)25-23/h2-4,6-7,10-14H,5,8-9H2,1H3. The van der Waals surface area contributed by atoms with Crippen molar-refractivity contribution in [2.75, 3.05) is 0 Å². The minimum absolute atomic E-state index is 1.07. The number of nitrogens with zero attached hydrogens (tertiary/aromatic N) is 1. The van der Waals surface area contributed by atoms with E-state index >= 15 is 0 Å². The number of hydrogen-bond acceptors (Lipinski definition) is 2. The molecule has 2 heteroatoms. The van der Waals surface area contributed by atoms with E-state index in [4.69, 9.17) is 4.98 Å². The second kappa shape index (κ2) is 5.82. The van der Waals surface area contributed by atoms with Crippen LogP contribution in [0, 0.1) is 6.92 Å². The van der Waals surface area contributed by atoms with Gasteiger partial charge in [0.2, 0.25) is 0 Å². The van der Waals surface area contributed by atoms with Gasteiger partial charge in [0.1, 0.15) is 4.83 Å². The summed E-state index contributed by atoms with van der Waals surface area (Å²) in [5.41, 5.74) is 7.73. The van der Waals surface area contributed by atoms with Crippen molar-refractivity contribution in [3.05, 3.63) is 76.7 Å². The third kappa shape index (κ3) is 2.49. The zero-order chi connectivity index (χ0) is 16.8. The van der Waals surface area contributed by atoms with Crippen LogP contribution in [0.4, 0.5) is 0 Å². The quantitative estimate of drug-likeness (QED) is 0.409. The summed E-state index contributed by atoms with van der Waals surface area (Å²) in [5, 5.41) is 1.39. The lowest BCUT2D eigenvalue weighted by atomic mass is 9.97. The maximum atomic E-state index is 5.03. The fourth-order valence-corrected chi connectivity index (χ4v) is 5.10. The summed E-state index contributed by atoms with van der Waals surface area (Å²) in [4.78, 5) is 7.77. The third-order valence-electron chi connectivity index (χ3n) is 5.11. The number of aromatic nitrogens is 1. The molecule has 2 aromatic heterocycles. The highest BCUT2D eigenvalue weighted by Gasteiger charge is 2.22. The van der Waals surface area contributed by atoms with E-state index in [9.17, 15) is 0 Å². The maximum absolute atomic E-state index is 5.03. The molecule has 0 fully saturated rings. The molecule has 0 spiro atoms. The smallest absolute Gasteiger partial charge is 0.125 e. The molecule has 0 amide bonds. The maximum Gasteiger partial charge on any atom is 0.125 e. The first-order chi connectivity index (χ1) is 12.3. The van der Waals surface area contributed by atoms with Crippen LogP contribution in [0.3, 0.4) is 0 Å². The van der Waals surface area contributed by atoms with E-state index in [1.165, 1.54) is 51.7 Å². The van der Waals surface area contributed by atoms with Crippen molar-refractivity contribution in [3.63, 3.8) is 0 Å². The van der Waals surface area contributed by atoms with Crippen molar-refractivity contribution in [2.45, 2.75) is 26.2 Å². The second-order valence-corrected chi connectivity index (χ2v) is 7.91. The summed E-state index contributed by atoms with van der Waals surface area (Å²) in [6, 6.07) is 21.7. The van der Waals surface area contributed by atoms with Crippen molar-refractivity contribution < 1.29 is 0 Å². The first-order valence-electron chi connectivity index (χ1n) is 8.87. The largest absolute Gasteiger partial charge is 0.237 e. The summed E-state index contributed by atoms with van der Waals surface area (Å²) in [7, 11) is 0. The molecule has 0 N–H and O–H groups in total. The normalized spacial score (nSPS) is 13.3. The zero-order valence-electron chi connectivity index (χ0n) is 14.3. The Hall–Kier alpha value is -2.45. The van der Waals surface area contributed by atoms with E-state index < -0.39 is 0 Å². The molecule has 1 aliphatic carbocycles. The molecule has 0 bridgehead atoms. The van der Waals surface area contributed by atoms with Gasteiger partial charge in [0, 0.05) is 15.8 Å². The van der Waals surface area contributed by atoms with Crippen molar-refractivity contribution in [1.82, 2.24) is 4.98 Å². The van der Waals surface area contributed by atoms with Crippen molar-refractivity contribution in [3.8, 4) is 22.4 Å². The molecule has 122 valence electrons. The monoisotopic (exact) mass is 341 g/mol. The first kappa shape index (κ1) is 14.9. The zero-order valence-corrected chi connectivity index (χ0v) is 15.1. The Labute approximate surface area is 152 Å². The fourth-order valence-electron chi connectivity index (χ4n) is 3.81. The molecule has 25 heavy (non-hydrogen) atoms. The molecule has 0 radical (unpaired) electrons. The van der Waals surface area contributed by atoms with E-state index in [0.29, 0.717) is 0 Å². The van der Waals surface area contributed by atoms with Gasteiger partial charge < -0.3 is 0 Å². The van der Waals surface area contributed by atoms with E-state index in [1.54, 1.807) is 10.4 Å². The average Bonchev–Trinajstić information content (AvgIpc) is 3.23. The van der Waals surface area contributed by atoms with Gasteiger partial charge in [-0.3, -0.25) is 0 Å². The summed E-state index contributed by atoms with van der Waals surface area (Å²) < 4.78 is 0. The molecule has 5 rings (SSSR count). The van der Waals surface area contributed by atoms with E-state index in [1.807, 2.05) is 11.3 Å². The van der Waals surface area contributed by atoms with Gasteiger partial charge in [0.25, 0.3) is 0 Å². The molecule has 4 aromatic rings. The van der Waals surface area contributed by atoms with Crippen LogP contribution < -0.4 is 0 Å². The Kier molecular flexibility index (Phi) is 3.46. The lowest BCUT2D eigenvalue weighted by Gasteiger charge is -2.10. The molecule has 0 saturated carbocycles. The highest BCUT2D eigenvalue weighted by atomic mass is 32.1. The second-order valence-electron chi connectivity index (χ2n) is 6.82. The lowest BCUT2D eigenvalue weighted by Crippen LogP contribution is -1.89. The molecule has 0 unspecified atom stereocenters. The number of thiophene rings is 1. The van der Waals surface area contributed by atoms with Crippen LogP contribution in [-0.2, 0) is 12.8 Å². The van der Waals surface area contributed by atoms with Crippen molar-refractivity contribution in [1.29, 1.82) is 0 Å². The topological polar surface area (TPSA) is 12.9 Å². The molecular weight excluding hydrogens is 322 g/mol. The molecule has 2 heterocycles. The Balaban J connectivity index is 1.81. The third-order valence-corrected chi connectivity index (χ3v) is 6.29. The average molecular weight is 341 g/mol. The van der Waals surface area contributed by atoms with Crippen LogP contribution in [0.15, 0.2) is 60.7 Å². The van der Waals surface area contributed by atoms with Crippen LogP contribution in [0.25, 0.3) is 32.6 Å². The Morgan fingerprint density at radius 1 is 0.880 bits per heavy atom. The number of aryl methyl sites for hydroxylation is 3. The van der Waals surface area contributed by atoms with Crippen molar-refractivity contribution >= 4 is 21.6 Å². The fraction of sp³-hybridized carbons (Fsp3) is 0.174. The minimum atomic E-state index is 1.07. The Morgan fingerprint density at radius 2 is 1.68 bits per heavy atom. The molecular formula is C23H19NS. The minimum Gasteiger partial charge on any atom is -0.237 e. The highest BCUT2D eigenvalue weighted by Crippen LogP contribution is 2.43. The number of benzene rings is 2. The van der Waals surface area contributed by atoms with Gasteiger partial charge in [-0.15, -0.1) is 11.3 Å². The van der Waals surface area contributed by atoms with Gasteiger partial charge in [-0.1, -0.05) is 60.2 Å². The number of rotatable bonds is 2. The van der Waals surface area contributed by atoms with Gasteiger partial charge in [0.15, 0.2) is 0 Å². The summed E-state index contributed by atoms with van der Waals surface area (Å²) >= 11 is 1.90. The number of fused-ring (bicyclic) bond motifs is 3. The number of hydrogen-bond donors (Lipinski definition) is 0. The van der Waals surface area contributed by atoms with Crippen LogP contribution in [-0.4, -0.2) is 4.98 Å². The van der Waals surface area contributed by atoms with Gasteiger partial charge in [0.05, 0.1) is 5.69 Å². The molecule has 2 aromatic carbocycles. The van der Waals surface area contributed by atoms with Gasteiger partial charge >= 0.3 is 0 Å². The molecule has 0 aliphatic heterocycles. The SMILES string of the molecule is Cc1ccc(-c2cc(-c3ccccc3)nc3sc4c(c23)CCC4)cc1. The van der Waals surface area contributed by atoms with Crippen LogP contribution >= 0.6 is 11.3 Å². The first-order valence-corrected chi connectivity index (χ1v) is 9.69. The van der Waals surface area contributed by atoms with E-state index in [2.05, 4.69) is 67.6 Å². The predicted octanol–water partition coefficient (Wildman–Crippen LogP) is 6.43. The molecule has 0 saturated heterocycles. The highest BCUT2D eigenvalue weighted by molar-refractivity contribution is 7.19.